The van der Waals surface area contributed by atoms with E-state index < -0.39 is 5.97 Å². The lowest BCUT2D eigenvalue weighted by molar-refractivity contribution is -0.128. The third-order valence-electron chi connectivity index (χ3n) is 4.31. The molecule has 0 aliphatic carbocycles. The van der Waals surface area contributed by atoms with Crippen molar-refractivity contribution < 1.29 is 14.3 Å². The van der Waals surface area contributed by atoms with Gasteiger partial charge < -0.3 is 9.47 Å². The van der Waals surface area contributed by atoms with Gasteiger partial charge >= 0.3 is 5.97 Å². The second-order valence-corrected chi connectivity index (χ2v) is 7.39. The summed E-state index contributed by atoms with van der Waals surface area (Å²) in [4.78, 5) is 12.2. The van der Waals surface area contributed by atoms with Crippen LogP contribution in [0.15, 0.2) is 83.3 Å². The van der Waals surface area contributed by atoms with Crippen molar-refractivity contribution in [3.05, 3.63) is 88.9 Å². The number of carbonyl (C=O) groups is 1. The van der Waals surface area contributed by atoms with Crippen LogP contribution in [-0.2, 0) is 4.79 Å². The summed E-state index contributed by atoms with van der Waals surface area (Å²) in [5.74, 6) is 0.890. The van der Waals surface area contributed by atoms with Crippen LogP contribution >= 0.6 is 15.9 Å². The van der Waals surface area contributed by atoms with Crippen molar-refractivity contribution >= 4 is 28.0 Å². The lowest BCUT2D eigenvalue weighted by Gasteiger charge is -2.07. The fraction of sp³-hybridized carbons (Fsp3) is 0.160. The number of carbonyl (C=O) groups excluding carboxylic acids is 1. The molecule has 0 aliphatic rings. The predicted octanol–water partition coefficient (Wildman–Crippen LogP) is 6.91. The van der Waals surface area contributed by atoms with Crippen LogP contribution in [0.2, 0.25) is 0 Å². The number of hydrogen-bond donors (Lipinski definition) is 0. The molecule has 0 spiro atoms. The summed E-state index contributed by atoms with van der Waals surface area (Å²) in [6.07, 6.45) is 5.29. The topological polar surface area (TPSA) is 35.5 Å². The van der Waals surface area contributed by atoms with Crippen molar-refractivity contribution in [2.24, 2.45) is 0 Å². The molecule has 148 valence electrons. The lowest BCUT2D eigenvalue weighted by Crippen LogP contribution is -2.04. The Kier molecular flexibility index (Phi) is 7.65. The van der Waals surface area contributed by atoms with E-state index in [9.17, 15) is 4.79 Å². The highest BCUT2D eigenvalue weighted by atomic mass is 79.9. The van der Waals surface area contributed by atoms with Gasteiger partial charge in [-0.2, -0.15) is 0 Å². The number of unbranched alkanes of at least 4 members (excludes halogenated alkanes) is 1. The van der Waals surface area contributed by atoms with E-state index in [1.165, 1.54) is 6.08 Å². The van der Waals surface area contributed by atoms with E-state index in [1.807, 2.05) is 66.7 Å². The zero-order valence-corrected chi connectivity index (χ0v) is 17.9. The molecule has 3 nitrogen and oxygen atoms in total. The van der Waals surface area contributed by atoms with E-state index in [0.717, 1.165) is 46.4 Å². The van der Waals surface area contributed by atoms with E-state index in [1.54, 1.807) is 12.1 Å². The second-order valence-electron chi connectivity index (χ2n) is 6.54. The first-order chi connectivity index (χ1) is 14.2. The minimum absolute atomic E-state index is 0.429. The molecule has 0 saturated carbocycles. The highest BCUT2D eigenvalue weighted by Gasteiger charge is 2.07. The molecule has 0 amide bonds. The number of ether oxygens (including phenoxy) is 2. The van der Waals surface area contributed by atoms with E-state index in [4.69, 9.17) is 9.47 Å². The molecule has 3 aromatic rings. The fourth-order valence-electron chi connectivity index (χ4n) is 2.71. The third kappa shape index (κ3) is 6.33. The zero-order valence-electron chi connectivity index (χ0n) is 16.3. The van der Waals surface area contributed by atoms with Gasteiger partial charge in [-0.15, -0.1) is 0 Å². The number of hydrogen-bond acceptors (Lipinski definition) is 3. The normalized spacial score (nSPS) is 10.8. The molecule has 3 aromatic carbocycles. The van der Waals surface area contributed by atoms with Gasteiger partial charge in [0.2, 0.25) is 0 Å². The highest BCUT2D eigenvalue weighted by molar-refractivity contribution is 9.10. The van der Waals surface area contributed by atoms with Crippen molar-refractivity contribution in [3.8, 4) is 22.6 Å². The average Bonchev–Trinajstić information content (AvgIpc) is 2.75. The number of esters is 1. The van der Waals surface area contributed by atoms with Gasteiger partial charge in [0.15, 0.2) is 0 Å². The Morgan fingerprint density at radius 3 is 2.41 bits per heavy atom. The zero-order chi connectivity index (χ0) is 20.5. The van der Waals surface area contributed by atoms with E-state index in [0.29, 0.717) is 5.75 Å². The third-order valence-corrected chi connectivity index (χ3v) is 4.93. The molecular formula is C25H23BrO3. The Labute approximate surface area is 180 Å². The molecular weight excluding hydrogens is 428 g/mol. The Balaban J connectivity index is 1.59. The molecule has 3 rings (SSSR count). The molecule has 0 aliphatic heterocycles. The molecule has 0 bridgehead atoms. The molecule has 0 saturated heterocycles. The molecule has 0 radical (unpaired) electrons. The summed E-state index contributed by atoms with van der Waals surface area (Å²) in [5, 5.41) is 0. The quantitative estimate of drug-likeness (QED) is 0.162. The van der Waals surface area contributed by atoms with Crippen molar-refractivity contribution in [1.82, 2.24) is 0 Å². The van der Waals surface area contributed by atoms with Gasteiger partial charge in [0.05, 0.1) is 11.1 Å². The molecule has 0 aromatic heterocycles. The monoisotopic (exact) mass is 450 g/mol. The molecule has 0 unspecified atom stereocenters. The maximum absolute atomic E-state index is 12.2. The smallest absolute Gasteiger partial charge is 0.336 e. The Hall–Kier alpha value is -2.85. The maximum atomic E-state index is 12.2. The van der Waals surface area contributed by atoms with Crippen LogP contribution in [0.5, 0.6) is 11.5 Å². The second kappa shape index (κ2) is 10.6. The van der Waals surface area contributed by atoms with Crippen LogP contribution in [0.3, 0.4) is 0 Å². The van der Waals surface area contributed by atoms with Gasteiger partial charge in [0.25, 0.3) is 0 Å². The van der Waals surface area contributed by atoms with Crippen molar-refractivity contribution in [2.75, 3.05) is 6.61 Å². The molecule has 0 heterocycles. The first-order valence-electron chi connectivity index (χ1n) is 9.63. The summed E-state index contributed by atoms with van der Waals surface area (Å²) in [6, 6.07) is 23.3. The molecule has 4 heteroatoms. The number of halogens is 1. The van der Waals surface area contributed by atoms with Crippen molar-refractivity contribution in [2.45, 2.75) is 19.8 Å². The highest BCUT2D eigenvalue weighted by Crippen LogP contribution is 2.30. The average molecular weight is 451 g/mol. The Morgan fingerprint density at radius 2 is 1.72 bits per heavy atom. The number of benzene rings is 3. The van der Waals surface area contributed by atoms with E-state index >= 15 is 0 Å². The minimum atomic E-state index is -0.429. The van der Waals surface area contributed by atoms with E-state index in [2.05, 4.69) is 22.9 Å². The SMILES string of the molecule is CCCCOc1ccc(/C=C/C(=O)Oc2ccc(-c3ccccc3)cc2Br)cc1. The van der Waals surface area contributed by atoms with Gasteiger partial charge in [0, 0.05) is 6.08 Å². The number of rotatable bonds is 8. The summed E-state index contributed by atoms with van der Waals surface area (Å²) in [6.45, 7) is 2.85. The standard InChI is InChI=1S/C25H23BrO3/c1-2-3-17-28-22-13-9-19(10-14-22)11-16-25(27)29-24-15-12-21(18-23(24)26)20-7-5-4-6-8-20/h4-16,18H,2-3,17H2,1H3/b16-11+. The van der Waals surface area contributed by atoms with Crippen LogP contribution in [-0.4, -0.2) is 12.6 Å². The van der Waals surface area contributed by atoms with Gasteiger partial charge in [-0.05, 0) is 69.4 Å². The predicted molar refractivity (Wildman–Crippen MR) is 121 cm³/mol. The largest absolute Gasteiger partial charge is 0.494 e. The van der Waals surface area contributed by atoms with Crippen molar-refractivity contribution in [1.29, 1.82) is 0 Å². The van der Waals surface area contributed by atoms with Crippen LogP contribution in [0, 0.1) is 0 Å². The first-order valence-corrected chi connectivity index (χ1v) is 10.4. The van der Waals surface area contributed by atoms with Gasteiger partial charge in [-0.3, -0.25) is 0 Å². The summed E-state index contributed by atoms with van der Waals surface area (Å²) >= 11 is 3.49. The molecule has 29 heavy (non-hydrogen) atoms. The van der Waals surface area contributed by atoms with Crippen LogP contribution in [0.25, 0.3) is 17.2 Å². The maximum Gasteiger partial charge on any atom is 0.336 e. The molecule has 0 fully saturated rings. The van der Waals surface area contributed by atoms with Gasteiger partial charge in [-0.25, -0.2) is 4.79 Å². The fourth-order valence-corrected chi connectivity index (χ4v) is 3.17. The van der Waals surface area contributed by atoms with E-state index in [-0.39, 0.29) is 0 Å². The molecule has 0 N–H and O–H groups in total. The summed E-state index contributed by atoms with van der Waals surface area (Å²) < 4.78 is 11.8. The van der Waals surface area contributed by atoms with Gasteiger partial charge in [0.1, 0.15) is 11.5 Å². The first kappa shape index (κ1) is 20.9. The minimum Gasteiger partial charge on any atom is -0.494 e. The Bertz CT molecular complexity index is 963. The summed E-state index contributed by atoms with van der Waals surface area (Å²) in [5.41, 5.74) is 3.06. The van der Waals surface area contributed by atoms with Crippen molar-refractivity contribution in [3.63, 3.8) is 0 Å². The molecule has 0 atom stereocenters. The van der Waals surface area contributed by atoms with Crippen LogP contribution in [0.4, 0.5) is 0 Å². The van der Waals surface area contributed by atoms with Gasteiger partial charge in [-0.1, -0.05) is 61.9 Å². The van der Waals surface area contributed by atoms with Crippen LogP contribution < -0.4 is 9.47 Å². The van der Waals surface area contributed by atoms with Crippen LogP contribution in [0.1, 0.15) is 25.3 Å². The Morgan fingerprint density at radius 1 is 0.966 bits per heavy atom. The summed E-state index contributed by atoms with van der Waals surface area (Å²) in [7, 11) is 0. The lowest BCUT2D eigenvalue weighted by atomic mass is 10.1.